The van der Waals surface area contributed by atoms with Gasteiger partial charge in [-0.1, -0.05) is 6.92 Å². The maximum Gasteiger partial charge on any atom is 0.317 e. The maximum absolute atomic E-state index is 10.8. The first-order chi connectivity index (χ1) is 8.31. The smallest absolute Gasteiger partial charge is 0.317 e. The predicted molar refractivity (Wildman–Crippen MR) is 61.4 cm³/mol. The standard InChI is InChI=1S/C10H18N2O6/c1-2-10(3-7(13)14,12-5-9(17)18)6-11-4-8(15)16/h11-12H,2-6H2,1H3,(H,13,14)(H,15,16)(H,17,18). The van der Waals surface area contributed by atoms with Crippen molar-refractivity contribution in [3.05, 3.63) is 0 Å². The molecule has 0 spiro atoms. The molecule has 0 saturated heterocycles. The van der Waals surface area contributed by atoms with Crippen molar-refractivity contribution in [2.45, 2.75) is 25.3 Å². The Morgan fingerprint density at radius 1 is 1.00 bits per heavy atom. The molecule has 1 atom stereocenters. The van der Waals surface area contributed by atoms with E-state index in [0.717, 1.165) is 0 Å². The van der Waals surface area contributed by atoms with Gasteiger partial charge in [0.2, 0.25) is 0 Å². The van der Waals surface area contributed by atoms with Gasteiger partial charge in [-0.15, -0.1) is 0 Å². The minimum atomic E-state index is -1.10. The first kappa shape index (κ1) is 16.3. The lowest BCUT2D eigenvalue weighted by Crippen LogP contribution is -2.55. The first-order valence-electron chi connectivity index (χ1n) is 5.42. The molecular formula is C10H18N2O6. The summed E-state index contributed by atoms with van der Waals surface area (Å²) in [5, 5.41) is 31.1. The SMILES string of the molecule is CCC(CNCC(=O)O)(CC(=O)O)NCC(=O)O. The number of carboxylic acid groups (broad SMARTS) is 3. The van der Waals surface area contributed by atoms with Gasteiger partial charge in [0.1, 0.15) is 0 Å². The van der Waals surface area contributed by atoms with E-state index in [0.29, 0.717) is 6.42 Å². The fourth-order valence-corrected chi connectivity index (χ4v) is 1.52. The number of carboxylic acids is 3. The molecule has 0 aliphatic heterocycles. The van der Waals surface area contributed by atoms with E-state index in [9.17, 15) is 14.4 Å². The molecule has 18 heavy (non-hydrogen) atoms. The van der Waals surface area contributed by atoms with E-state index in [4.69, 9.17) is 15.3 Å². The quantitative estimate of drug-likeness (QED) is 0.337. The highest BCUT2D eigenvalue weighted by Gasteiger charge is 2.31. The summed E-state index contributed by atoms with van der Waals surface area (Å²) in [6, 6.07) is 0. The van der Waals surface area contributed by atoms with Crippen LogP contribution in [0, 0.1) is 0 Å². The normalized spacial score (nSPS) is 13.8. The van der Waals surface area contributed by atoms with Gasteiger partial charge in [-0.2, -0.15) is 0 Å². The summed E-state index contributed by atoms with van der Waals surface area (Å²) in [6.07, 6.45) is 0.0720. The topological polar surface area (TPSA) is 136 Å². The molecule has 0 heterocycles. The van der Waals surface area contributed by atoms with Crippen LogP contribution < -0.4 is 10.6 Å². The van der Waals surface area contributed by atoms with Gasteiger partial charge in [0.25, 0.3) is 0 Å². The molecule has 0 radical (unpaired) electrons. The summed E-state index contributed by atoms with van der Waals surface area (Å²) in [5.74, 6) is -3.24. The van der Waals surface area contributed by atoms with Gasteiger partial charge in [-0.25, -0.2) is 0 Å². The molecule has 0 saturated carbocycles. The summed E-state index contributed by atoms with van der Waals surface area (Å²) in [6.45, 7) is 1.08. The Morgan fingerprint density at radius 2 is 1.56 bits per heavy atom. The zero-order valence-corrected chi connectivity index (χ0v) is 10.1. The highest BCUT2D eigenvalue weighted by Crippen LogP contribution is 2.14. The van der Waals surface area contributed by atoms with Crippen LogP contribution in [-0.2, 0) is 14.4 Å². The summed E-state index contributed by atoms with van der Waals surface area (Å²) < 4.78 is 0. The molecule has 0 aromatic heterocycles. The zero-order valence-electron chi connectivity index (χ0n) is 10.1. The van der Waals surface area contributed by atoms with Gasteiger partial charge in [-0.05, 0) is 6.42 Å². The fourth-order valence-electron chi connectivity index (χ4n) is 1.52. The van der Waals surface area contributed by atoms with Gasteiger partial charge in [0.05, 0.1) is 19.5 Å². The van der Waals surface area contributed by atoms with Crippen molar-refractivity contribution in [2.24, 2.45) is 0 Å². The molecule has 8 nitrogen and oxygen atoms in total. The minimum absolute atomic E-state index is 0.0649. The second kappa shape index (κ2) is 7.62. The van der Waals surface area contributed by atoms with Crippen molar-refractivity contribution in [3.8, 4) is 0 Å². The third kappa shape index (κ3) is 6.81. The third-order valence-electron chi connectivity index (χ3n) is 2.52. The van der Waals surface area contributed by atoms with Crippen molar-refractivity contribution >= 4 is 17.9 Å². The largest absolute Gasteiger partial charge is 0.481 e. The average molecular weight is 262 g/mol. The highest BCUT2D eigenvalue weighted by molar-refractivity contribution is 5.71. The number of hydrogen-bond acceptors (Lipinski definition) is 5. The van der Waals surface area contributed by atoms with Gasteiger partial charge in [0.15, 0.2) is 0 Å². The van der Waals surface area contributed by atoms with Crippen LogP contribution >= 0.6 is 0 Å². The molecular weight excluding hydrogens is 244 g/mol. The highest BCUT2D eigenvalue weighted by atomic mass is 16.4. The van der Waals surface area contributed by atoms with E-state index in [2.05, 4.69) is 10.6 Å². The van der Waals surface area contributed by atoms with E-state index in [1.165, 1.54) is 0 Å². The van der Waals surface area contributed by atoms with E-state index >= 15 is 0 Å². The lowest BCUT2D eigenvalue weighted by atomic mass is 9.91. The molecule has 1 unspecified atom stereocenters. The molecule has 0 aliphatic rings. The minimum Gasteiger partial charge on any atom is -0.481 e. The third-order valence-corrected chi connectivity index (χ3v) is 2.52. The van der Waals surface area contributed by atoms with Crippen molar-refractivity contribution in [1.29, 1.82) is 0 Å². The zero-order chi connectivity index (χ0) is 14.2. The molecule has 0 fully saturated rings. The Bertz CT molecular complexity index is 319. The average Bonchev–Trinajstić information content (AvgIpc) is 2.24. The molecule has 0 aromatic carbocycles. The summed E-state index contributed by atoms with van der Waals surface area (Å²) in [5.41, 5.74) is -0.973. The Morgan fingerprint density at radius 3 is 1.94 bits per heavy atom. The van der Waals surface area contributed by atoms with E-state index in [1.807, 2.05) is 0 Å². The molecule has 0 amide bonds. The van der Waals surface area contributed by atoms with Crippen molar-refractivity contribution in [2.75, 3.05) is 19.6 Å². The molecule has 0 rings (SSSR count). The summed E-state index contributed by atoms with van der Waals surface area (Å²) >= 11 is 0. The van der Waals surface area contributed by atoms with Crippen molar-refractivity contribution in [3.63, 3.8) is 0 Å². The molecule has 104 valence electrons. The van der Waals surface area contributed by atoms with E-state index < -0.39 is 23.4 Å². The van der Waals surface area contributed by atoms with E-state index in [1.54, 1.807) is 6.92 Å². The molecule has 0 aliphatic carbocycles. The van der Waals surface area contributed by atoms with E-state index in [-0.39, 0.29) is 26.1 Å². The Labute approximate surface area is 104 Å². The predicted octanol–water partition coefficient (Wildman–Crippen LogP) is -1.04. The van der Waals surface area contributed by atoms with Crippen LogP contribution in [0.3, 0.4) is 0 Å². The fraction of sp³-hybridized carbons (Fsp3) is 0.700. The van der Waals surface area contributed by atoms with Crippen LogP contribution in [0.5, 0.6) is 0 Å². The van der Waals surface area contributed by atoms with Gasteiger partial charge in [0, 0.05) is 12.1 Å². The van der Waals surface area contributed by atoms with Crippen molar-refractivity contribution < 1.29 is 29.7 Å². The van der Waals surface area contributed by atoms with Crippen LogP contribution in [-0.4, -0.2) is 58.4 Å². The Balaban J connectivity index is 4.57. The Kier molecular flexibility index (Phi) is 6.91. The van der Waals surface area contributed by atoms with Crippen LogP contribution in [0.4, 0.5) is 0 Å². The number of aliphatic carboxylic acids is 3. The van der Waals surface area contributed by atoms with Crippen LogP contribution in [0.2, 0.25) is 0 Å². The lowest BCUT2D eigenvalue weighted by molar-refractivity contribution is -0.140. The monoisotopic (exact) mass is 262 g/mol. The lowest BCUT2D eigenvalue weighted by Gasteiger charge is -2.32. The number of carbonyl (C=O) groups is 3. The molecule has 5 N–H and O–H groups in total. The van der Waals surface area contributed by atoms with Crippen LogP contribution in [0.25, 0.3) is 0 Å². The van der Waals surface area contributed by atoms with Crippen molar-refractivity contribution in [1.82, 2.24) is 10.6 Å². The second-order valence-electron chi connectivity index (χ2n) is 3.95. The number of hydrogen-bond donors (Lipinski definition) is 5. The molecule has 8 heteroatoms. The molecule has 0 aromatic rings. The number of rotatable bonds is 10. The summed E-state index contributed by atoms with van der Waals surface area (Å²) in [4.78, 5) is 31.7. The number of nitrogens with one attached hydrogen (secondary N) is 2. The summed E-state index contributed by atoms with van der Waals surface area (Å²) in [7, 11) is 0. The van der Waals surface area contributed by atoms with Gasteiger partial charge in [-0.3, -0.25) is 19.7 Å². The van der Waals surface area contributed by atoms with Crippen LogP contribution in [0.1, 0.15) is 19.8 Å². The van der Waals surface area contributed by atoms with Crippen LogP contribution in [0.15, 0.2) is 0 Å². The Hall–Kier alpha value is -1.67. The molecule has 0 bridgehead atoms. The van der Waals surface area contributed by atoms with Gasteiger partial charge < -0.3 is 20.6 Å². The second-order valence-corrected chi connectivity index (χ2v) is 3.95. The maximum atomic E-state index is 10.8. The van der Waals surface area contributed by atoms with Gasteiger partial charge >= 0.3 is 17.9 Å². The first-order valence-corrected chi connectivity index (χ1v) is 5.42.